The third-order valence-electron chi connectivity index (χ3n) is 3.94. The number of aromatic nitrogens is 1. The number of aliphatic hydroxyl groups is 1. The maximum atomic E-state index is 12.0. The number of rotatable bonds is 7. The Morgan fingerprint density at radius 2 is 1.85 bits per heavy atom. The van der Waals surface area contributed by atoms with Gasteiger partial charge in [0.1, 0.15) is 0 Å². The van der Waals surface area contributed by atoms with Gasteiger partial charge in [-0.25, -0.2) is 4.98 Å². The van der Waals surface area contributed by atoms with Crippen LogP contribution in [0.3, 0.4) is 0 Å². The quantitative estimate of drug-likeness (QED) is 0.674. The monoisotopic (exact) mass is 385 g/mol. The van der Waals surface area contributed by atoms with Crippen LogP contribution in [0.25, 0.3) is 0 Å². The Morgan fingerprint density at radius 1 is 1.19 bits per heavy atom. The molecule has 1 amide bonds. The summed E-state index contributed by atoms with van der Waals surface area (Å²) in [6.45, 7) is 5.55. The van der Waals surface area contributed by atoms with Gasteiger partial charge in [0.15, 0.2) is 5.13 Å². The molecule has 0 saturated carbocycles. The molecule has 1 heterocycles. The highest BCUT2D eigenvalue weighted by Gasteiger charge is 2.11. The molecule has 0 bridgehead atoms. The average Bonchev–Trinajstić information content (AvgIpc) is 3.38. The second-order valence-corrected chi connectivity index (χ2v) is 7.39. The van der Waals surface area contributed by atoms with Gasteiger partial charge in [-0.2, -0.15) is 0 Å². The van der Waals surface area contributed by atoms with Crippen molar-refractivity contribution < 1.29 is 9.90 Å². The maximum absolute atomic E-state index is 12.0. The zero-order valence-electron chi connectivity index (χ0n) is 16.0. The van der Waals surface area contributed by atoms with E-state index in [0.717, 1.165) is 23.5 Å². The van der Waals surface area contributed by atoms with Crippen LogP contribution in [0.1, 0.15) is 41.4 Å². The van der Waals surface area contributed by atoms with E-state index < -0.39 is 0 Å². The average molecular weight is 386 g/mol. The van der Waals surface area contributed by atoms with Crippen LogP contribution in [-0.4, -0.2) is 29.7 Å². The predicted octanol–water partition coefficient (Wildman–Crippen LogP) is 3.96. The van der Waals surface area contributed by atoms with E-state index in [9.17, 15) is 4.79 Å². The van der Waals surface area contributed by atoms with Crippen molar-refractivity contribution in [3.05, 3.63) is 70.8 Å². The van der Waals surface area contributed by atoms with Crippen LogP contribution in [0.4, 0.5) is 5.13 Å². The third-order valence-corrected chi connectivity index (χ3v) is 4.76. The molecule has 2 aromatic rings. The molecule has 3 rings (SSSR count). The molecule has 0 saturated heterocycles. The number of benzene rings is 1. The van der Waals surface area contributed by atoms with Crippen molar-refractivity contribution in [3.63, 3.8) is 0 Å². The van der Waals surface area contributed by atoms with Crippen molar-refractivity contribution in [1.82, 2.24) is 10.3 Å². The summed E-state index contributed by atoms with van der Waals surface area (Å²) in [6, 6.07) is 7.70. The standard InChI is InChI=1S/C20H23N3OS.CH4O/c1-14(2)11-21-19(24)17-9-7-15(8-10-17)12-22-20-23-18(13-25-20)16-5-3-4-6-16;1-2/h3-10,13-14,16H,11-12H2,1-2H3,(H,21,24)(H,22,23);2H,1H3. The highest BCUT2D eigenvalue weighted by molar-refractivity contribution is 7.13. The van der Waals surface area contributed by atoms with E-state index >= 15 is 0 Å². The largest absolute Gasteiger partial charge is 0.400 e. The van der Waals surface area contributed by atoms with Gasteiger partial charge in [0.05, 0.1) is 5.69 Å². The molecule has 1 aliphatic rings. The molecule has 27 heavy (non-hydrogen) atoms. The molecule has 1 aliphatic carbocycles. The number of aliphatic hydroxyl groups excluding tert-OH is 1. The number of nitrogens with one attached hydrogen (secondary N) is 2. The fourth-order valence-electron chi connectivity index (χ4n) is 2.50. The third kappa shape index (κ3) is 6.34. The molecule has 0 fully saturated rings. The molecular weight excluding hydrogens is 358 g/mol. The molecule has 6 heteroatoms. The minimum Gasteiger partial charge on any atom is -0.400 e. The number of nitrogens with zero attached hydrogens (tertiary/aromatic N) is 1. The van der Waals surface area contributed by atoms with Gasteiger partial charge in [0, 0.05) is 37.1 Å². The zero-order valence-corrected chi connectivity index (χ0v) is 16.8. The molecule has 0 spiro atoms. The van der Waals surface area contributed by atoms with E-state index in [2.05, 4.69) is 59.1 Å². The summed E-state index contributed by atoms with van der Waals surface area (Å²) < 4.78 is 0. The molecule has 1 aromatic heterocycles. The van der Waals surface area contributed by atoms with Crippen molar-refractivity contribution >= 4 is 22.4 Å². The highest BCUT2D eigenvalue weighted by atomic mass is 32.1. The second kappa shape index (κ2) is 10.6. The number of thiazole rings is 1. The predicted molar refractivity (Wildman–Crippen MR) is 112 cm³/mol. The van der Waals surface area contributed by atoms with Gasteiger partial charge >= 0.3 is 0 Å². The van der Waals surface area contributed by atoms with E-state index in [1.54, 1.807) is 11.3 Å². The van der Waals surface area contributed by atoms with Gasteiger partial charge in [-0.1, -0.05) is 50.3 Å². The van der Waals surface area contributed by atoms with Crippen LogP contribution >= 0.6 is 11.3 Å². The van der Waals surface area contributed by atoms with Crippen LogP contribution in [-0.2, 0) is 6.54 Å². The van der Waals surface area contributed by atoms with E-state index in [0.29, 0.717) is 30.5 Å². The molecule has 0 radical (unpaired) electrons. The van der Waals surface area contributed by atoms with Crippen LogP contribution in [0.5, 0.6) is 0 Å². The van der Waals surface area contributed by atoms with E-state index in [1.165, 1.54) is 0 Å². The first-order valence-electron chi connectivity index (χ1n) is 8.98. The lowest BCUT2D eigenvalue weighted by molar-refractivity contribution is 0.0949. The molecule has 0 unspecified atom stereocenters. The molecule has 1 aromatic carbocycles. The minimum atomic E-state index is -0.0181. The Labute approximate surface area is 164 Å². The van der Waals surface area contributed by atoms with Crippen molar-refractivity contribution in [3.8, 4) is 0 Å². The van der Waals surface area contributed by atoms with Crippen molar-refractivity contribution in [2.24, 2.45) is 5.92 Å². The molecular formula is C21H27N3O2S. The summed E-state index contributed by atoms with van der Waals surface area (Å²) in [5, 5.41) is 16.3. The van der Waals surface area contributed by atoms with Crippen molar-refractivity contribution in [1.29, 1.82) is 0 Å². The zero-order chi connectivity index (χ0) is 19.6. The summed E-state index contributed by atoms with van der Waals surface area (Å²) in [6.07, 6.45) is 8.38. The lowest BCUT2D eigenvalue weighted by atomic mass is 10.1. The maximum Gasteiger partial charge on any atom is 0.251 e. The Kier molecular flexibility index (Phi) is 8.23. The number of anilines is 1. The van der Waals surface area contributed by atoms with Crippen molar-refractivity contribution in [2.45, 2.75) is 26.3 Å². The number of hydrogen-bond donors (Lipinski definition) is 3. The highest BCUT2D eigenvalue weighted by Crippen LogP contribution is 2.26. The summed E-state index contributed by atoms with van der Waals surface area (Å²) >= 11 is 1.62. The topological polar surface area (TPSA) is 74.2 Å². The number of hydrogen-bond acceptors (Lipinski definition) is 5. The first-order chi connectivity index (χ1) is 13.1. The number of carbonyl (C=O) groups excluding carboxylic acids is 1. The van der Waals surface area contributed by atoms with Crippen molar-refractivity contribution in [2.75, 3.05) is 19.0 Å². The van der Waals surface area contributed by atoms with Gasteiger partial charge in [-0.15, -0.1) is 11.3 Å². The van der Waals surface area contributed by atoms with E-state index in [-0.39, 0.29) is 5.91 Å². The van der Waals surface area contributed by atoms with Gasteiger partial charge < -0.3 is 15.7 Å². The summed E-state index contributed by atoms with van der Waals surface area (Å²) in [7, 11) is 1.00. The van der Waals surface area contributed by atoms with Gasteiger partial charge in [-0.3, -0.25) is 4.79 Å². The first kappa shape index (κ1) is 20.9. The Bertz CT molecular complexity index is 767. The molecule has 3 N–H and O–H groups in total. The van der Waals surface area contributed by atoms with Gasteiger partial charge in [-0.05, 0) is 23.6 Å². The second-order valence-electron chi connectivity index (χ2n) is 6.53. The first-order valence-corrected chi connectivity index (χ1v) is 9.86. The van der Waals surface area contributed by atoms with E-state index in [1.807, 2.05) is 24.3 Å². The Balaban J connectivity index is 0.00000126. The van der Waals surface area contributed by atoms with Gasteiger partial charge in [0.25, 0.3) is 5.91 Å². The number of amides is 1. The number of carbonyl (C=O) groups is 1. The normalized spacial score (nSPS) is 12.8. The summed E-state index contributed by atoms with van der Waals surface area (Å²) in [5.74, 6) is 0.733. The van der Waals surface area contributed by atoms with Crippen LogP contribution in [0, 0.1) is 5.92 Å². The smallest absolute Gasteiger partial charge is 0.251 e. The molecule has 5 nitrogen and oxygen atoms in total. The fourth-order valence-corrected chi connectivity index (χ4v) is 3.26. The fraction of sp³-hybridized carbons (Fsp3) is 0.333. The lowest BCUT2D eigenvalue weighted by Crippen LogP contribution is -2.27. The van der Waals surface area contributed by atoms with Gasteiger partial charge in [0.2, 0.25) is 0 Å². The van der Waals surface area contributed by atoms with Crippen LogP contribution < -0.4 is 10.6 Å². The van der Waals surface area contributed by atoms with Crippen LogP contribution in [0.15, 0.2) is 53.9 Å². The molecule has 0 atom stereocenters. The molecule has 0 aliphatic heterocycles. The Morgan fingerprint density at radius 3 is 2.48 bits per heavy atom. The summed E-state index contributed by atoms with van der Waals surface area (Å²) in [4.78, 5) is 16.7. The number of allylic oxidation sites excluding steroid dienone is 4. The molecule has 144 valence electrons. The lowest BCUT2D eigenvalue weighted by Gasteiger charge is -2.08. The SMILES string of the molecule is CC(C)CNC(=O)c1ccc(CNc2nc(C3C=CC=C3)cs2)cc1.CO. The minimum absolute atomic E-state index is 0.0181. The van der Waals surface area contributed by atoms with E-state index in [4.69, 9.17) is 5.11 Å². The van der Waals surface area contributed by atoms with Crippen LogP contribution in [0.2, 0.25) is 0 Å². The Hall–Kier alpha value is -2.44. The summed E-state index contributed by atoms with van der Waals surface area (Å²) in [5.41, 5.74) is 2.90.